The fourth-order valence-electron chi connectivity index (χ4n) is 3.84. The van der Waals surface area contributed by atoms with E-state index in [0.717, 1.165) is 22.4 Å². The summed E-state index contributed by atoms with van der Waals surface area (Å²) in [5.41, 5.74) is 13.2. The van der Waals surface area contributed by atoms with Crippen LogP contribution in [0.15, 0.2) is 53.8 Å². The van der Waals surface area contributed by atoms with Gasteiger partial charge in [-0.3, -0.25) is 9.79 Å². The third kappa shape index (κ3) is 4.47. The SMILES string of the molecule is Cl.NC(N)=NCCc1ccccc1C(=O)c1cccc2c1ncn2S(=O)(=O)N1CCCC1. The Kier molecular flexibility index (Phi) is 7.17. The molecule has 1 saturated heterocycles. The number of fused-ring (bicyclic) bond motifs is 1. The van der Waals surface area contributed by atoms with Gasteiger partial charge in [-0.1, -0.05) is 30.3 Å². The second-order valence-electron chi connectivity index (χ2n) is 7.37. The van der Waals surface area contributed by atoms with Crippen LogP contribution in [0.5, 0.6) is 0 Å². The summed E-state index contributed by atoms with van der Waals surface area (Å²) in [6.45, 7) is 1.34. The number of hydrogen-bond donors (Lipinski definition) is 2. The van der Waals surface area contributed by atoms with Crippen LogP contribution in [0.25, 0.3) is 11.0 Å². The molecule has 1 fully saturated rings. The average molecular weight is 477 g/mol. The van der Waals surface area contributed by atoms with Crippen molar-refractivity contribution in [2.45, 2.75) is 19.3 Å². The highest BCUT2D eigenvalue weighted by Gasteiger charge is 2.29. The molecule has 0 amide bonds. The molecular formula is C21H25ClN6O3S. The summed E-state index contributed by atoms with van der Waals surface area (Å²) in [6, 6.07) is 12.2. The molecule has 0 aliphatic carbocycles. The number of aliphatic imine (C=N–C) groups is 1. The smallest absolute Gasteiger partial charge is 0.309 e. The number of rotatable bonds is 7. The number of guanidine groups is 1. The number of para-hydroxylation sites is 1. The van der Waals surface area contributed by atoms with Gasteiger partial charge in [-0.25, -0.2) is 8.96 Å². The first-order valence-corrected chi connectivity index (χ1v) is 11.4. The topological polar surface area (TPSA) is 137 Å². The summed E-state index contributed by atoms with van der Waals surface area (Å²) in [4.78, 5) is 21.7. The minimum absolute atomic E-state index is 0. The Morgan fingerprint density at radius 3 is 2.44 bits per heavy atom. The lowest BCUT2D eigenvalue weighted by molar-refractivity contribution is 0.103. The van der Waals surface area contributed by atoms with Crippen molar-refractivity contribution in [1.82, 2.24) is 13.3 Å². The van der Waals surface area contributed by atoms with E-state index in [2.05, 4.69) is 9.98 Å². The molecule has 1 aromatic heterocycles. The van der Waals surface area contributed by atoms with E-state index in [1.54, 1.807) is 30.3 Å². The van der Waals surface area contributed by atoms with Gasteiger partial charge in [0.15, 0.2) is 11.7 Å². The molecule has 0 radical (unpaired) electrons. The van der Waals surface area contributed by atoms with Gasteiger partial charge in [0, 0.05) is 25.2 Å². The number of halogens is 1. The zero-order valence-electron chi connectivity index (χ0n) is 17.3. The molecule has 3 aromatic rings. The van der Waals surface area contributed by atoms with Crippen LogP contribution in [0.1, 0.15) is 34.3 Å². The summed E-state index contributed by atoms with van der Waals surface area (Å²) in [5.74, 6) is -0.229. The molecule has 1 aliphatic rings. The van der Waals surface area contributed by atoms with E-state index in [1.165, 1.54) is 10.6 Å². The number of aromatic nitrogens is 2. The van der Waals surface area contributed by atoms with Gasteiger partial charge in [0.05, 0.1) is 11.1 Å². The largest absolute Gasteiger partial charge is 0.370 e. The third-order valence-electron chi connectivity index (χ3n) is 5.37. The maximum Gasteiger partial charge on any atom is 0.309 e. The molecule has 170 valence electrons. The lowest BCUT2D eigenvalue weighted by atomic mass is 9.96. The van der Waals surface area contributed by atoms with Crippen LogP contribution in [-0.2, 0) is 16.6 Å². The van der Waals surface area contributed by atoms with Gasteiger partial charge in [0.2, 0.25) is 0 Å². The molecule has 0 spiro atoms. The predicted molar refractivity (Wildman–Crippen MR) is 126 cm³/mol. The third-order valence-corrected chi connectivity index (χ3v) is 7.17. The van der Waals surface area contributed by atoms with Crippen LogP contribution in [0.2, 0.25) is 0 Å². The van der Waals surface area contributed by atoms with Gasteiger partial charge in [-0.2, -0.15) is 12.7 Å². The van der Waals surface area contributed by atoms with Crippen molar-refractivity contribution in [3.05, 3.63) is 65.5 Å². The van der Waals surface area contributed by atoms with Crippen LogP contribution in [0, 0.1) is 0 Å². The number of nitrogens with zero attached hydrogens (tertiary/aromatic N) is 4. The number of ketones is 1. The zero-order valence-corrected chi connectivity index (χ0v) is 19.0. The molecule has 2 heterocycles. The highest BCUT2D eigenvalue weighted by molar-refractivity contribution is 7.87. The molecule has 1 aliphatic heterocycles. The molecule has 0 atom stereocenters. The summed E-state index contributed by atoms with van der Waals surface area (Å²) < 4.78 is 28.6. The maximum atomic E-state index is 13.4. The van der Waals surface area contributed by atoms with E-state index >= 15 is 0 Å². The Morgan fingerprint density at radius 2 is 1.72 bits per heavy atom. The number of hydrogen-bond acceptors (Lipinski definition) is 5. The predicted octanol–water partition coefficient (Wildman–Crippen LogP) is 1.69. The summed E-state index contributed by atoms with van der Waals surface area (Å²) in [7, 11) is -3.72. The van der Waals surface area contributed by atoms with Crippen LogP contribution in [0.4, 0.5) is 0 Å². The van der Waals surface area contributed by atoms with E-state index in [4.69, 9.17) is 11.5 Å². The molecule has 4 rings (SSSR count). The van der Waals surface area contributed by atoms with E-state index in [-0.39, 0.29) is 24.1 Å². The van der Waals surface area contributed by atoms with Crippen molar-refractivity contribution in [1.29, 1.82) is 0 Å². The maximum absolute atomic E-state index is 13.4. The van der Waals surface area contributed by atoms with Crippen molar-refractivity contribution >= 4 is 45.4 Å². The van der Waals surface area contributed by atoms with Gasteiger partial charge in [-0.15, -0.1) is 12.4 Å². The van der Waals surface area contributed by atoms with Crippen molar-refractivity contribution < 1.29 is 13.2 Å². The van der Waals surface area contributed by atoms with Crippen LogP contribution >= 0.6 is 12.4 Å². The second kappa shape index (κ2) is 9.68. The molecule has 11 heteroatoms. The van der Waals surface area contributed by atoms with Gasteiger partial charge in [-0.05, 0) is 37.0 Å². The Bertz CT molecular complexity index is 1260. The Labute approximate surface area is 192 Å². The van der Waals surface area contributed by atoms with Crippen LogP contribution in [-0.4, -0.2) is 53.1 Å². The number of nitrogens with two attached hydrogens (primary N) is 2. The molecule has 2 aromatic carbocycles. The van der Waals surface area contributed by atoms with Crippen LogP contribution < -0.4 is 11.5 Å². The quantitative estimate of drug-likeness (QED) is 0.302. The minimum Gasteiger partial charge on any atom is -0.370 e. The molecule has 0 saturated carbocycles. The van der Waals surface area contributed by atoms with Crippen molar-refractivity contribution in [2.75, 3.05) is 19.6 Å². The first-order valence-electron chi connectivity index (χ1n) is 10.0. The van der Waals surface area contributed by atoms with E-state index < -0.39 is 10.2 Å². The molecule has 32 heavy (non-hydrogen) atoms. The van der Waals surface area contributed by atoms with Gasteiger partial charge in [0.1, 0.15) is 11.8 Å². The summed E-state index contributed by atoms with van der Waals surface area (Å²) in [5, 5.41) is 0. The fourth-order valence-corrected chi connectivity index (χ4v) is 5.37. The highest BCUT2D eigenvalue weighted by Crippen LogP contribution is 2.25. The lowest BCUT2D eigenvalue weighted by Crippen LogP contribution is -2.32. The molecule has 0 unspecified atom stereocenters. The van der Waals surface area contributed by atoms with E-state index in [1.807, 2.05) is 12.1 Å². The van der Waals surface area contributed by atoms with E-state index in [0.29, 0.717) is 48.2 Å². The first-order chi connectivity index (χ1) is 14.9. The van der Waals surface area contributed by atoms with Crippen LogP contribution in [0.3, 0.4) is 0 Å². The van der Waals surface area contributed by atoms with Crippen molar-refractivity contribution in [2.24, 2.45) is 16.5 Å². The van der Waals surface area contributed by atoms with Crippen molar-refractivity contribution in [3.8, 4) is 0 Å². The van der Waals surface area contributed by atoms with Gasteiger partial charge >= 0.3 is 10.2 Å². The Morgan fingerprint density at radius 1 is 1.03 bits per heavy atom. The van der Waals surface area contributed by atoms with Crippen molar-refractivity contribution in [3.63, 3.8) is 0 Å². The number of carbonyl (C=O) groups excluding carboxylic acids is 1. The number of imidazole rings is 1. The summed E-state index contributed by atoms with van der Waals surface area (Å²) >= 11 is 0. The minimum atomic E-state index is -3.72. The zero-order chi connectivity index (χ0) is 22.0. The van der Waals surface area contributed by atoms with Gasteiger partial charge < -0.3 is 11.5 Å². The number of benzene rings is 2. The monoisotopic (exact) mass is 476 g/mol. The fraction of sp³-hybridized carbons (Fsp3) is 0.286. The molecule has 9 nitrogen and oxygen atoms in total. The first kappa shape index (κ1) is 23.7. The Hall–Kier alpha value is -2.95. The summed E-state index contributed by atoms with van der Waals surface area (Å²) in [6.07, 6.45) is 3.45. The highest BCUT2D eigenvalue weighted by atomic mass is 35.5. The van der Waals surface area contributed by atoms with E-state index in [9.17, 15) is 13.2 Å². The lowest BCUT2D eigenvalue weighted by Gasteiger charge is -2.16. The molecule has 4 N–H and O–H groups in total. The number of carbonyl (C=O) groups is 1. The average Bonchev–Trinajstić information content (AvgIpc) is 3.44. The van der Waals surface area contributed by atoms with Gasteiger partial charge in [0.25, 0.3) is 0 Å². The second-order valence-corrected chi connectivity index (χ2v) is 9.18. The standard InChI is InChI=1S/C21H24N6O3S.ClH/c22-21(23)24-11-10-15-6-1-2-7-16(15)20(28)17-8-5-9-18-19(17)25-14-27(18)31(29,30)26-12-3-4-13-26;/h1-2,5-9,14H,3-4,10-13H2,(H4,22,23,24);1H. The molecular weight excluding hydrogens is 452 g/mol. The Balaban J connectivity index is 0.00000289. The molecule has 0 bridgehead atoms. The normalized spacial score (nSPS) is 14.2.